The molecule has 1 fully saturated rings. The smallest absolute Gasteiger partial charge is 0.326 e. The summed E-state index contributed by atoms with van der Waals surface area (Å²) in [4.78, 5) is 24.4. The van der Waals surface area contributed by atoms with E-state index in [1.807, 2.05) is 29.0 Å². The van der Waals surface area contributed by atoms with Crippen LogP contribution < -0.4 is 13.8 Å². The summed E-state index contributed by atoms with van der Waals surface area (Å²) >= 11 is 0. The Hall–Kier alpha value is -3.90. The number of anilines is 1. The molecular weight excluding hydrogens is 442 g/mol. The summed E-state index contributed by atoms with van der Waals surface area (Å²) in [5.74, 6) is -1.17. The Balaban J connectivity index is 1.88. The first kappa shape index (κ1) is 22.3. The quantitative estimate of drug-likeness (QED) is 0.469. The number of nitriles is 1. The van der Waals surface area contributed by atoms with Crippen molar-refractivity contribution in [2.24, 2.45) is 5.41 Å². The van der Waals surface area contributed by atoms with E-state index in [0.29, 0.717) is 16.3 Å². The van der Waals surface area contributed by atoms with Crippen LogP contribution in [0.3, 0.4) is 0 Å². The number of esters is 1. The summed E-state index contributed by atoms with van der Waals surface area (Å²) in [7, 11) is -4.12. The Labute approximate surface area is 191 Å². The number of carbonyl (C=O) groups is 2. The number of ether oxygens (including phenoxy) is 1. The predicted octanol–water partition coefficient (Wildman–Crippen LogP) is 3.51. The standard InChI is InChI=1S/C24H21N3O5S/c1-24(2,3)23(29)32-21-12-18-8-7-17(16-6-4-5-15(9-16)13-25)10-19(18)11-20(21)27-14-22(28)26-33(27,30)31/h4-12H,14H2,1-3H3,(H,26,28). The van der Waals surface area contributed by atoms with E-state index in [9.17, 15) is 23.3 Å². The second-order valence-electron chi connectivity index (χ2n) is 8.75. The zero-order valence-corrected chi connectivity index (χ0v) is 19.1. The molecule has 33 heavy (non-hydrogen) atoms. The van der Waals surface area contributed by atoms with Gasteiger partial charge in [0.1, 0.15) is 6.54 Å². The lowest BCUT2D eigenvalue weighted by Gasteiger charge is -2.22. The second-order valence-corrected chi connectivity index (χ2v) is 10.3. The first-order chi connectivity index (χ1) is 15.5. The van der Waals surface area contributed by atoms with Gasteiger partial charge in [-0.2, -0.15) is 13.7 Å². The van der Waals surface area contributed by atoms with E-state index in [-0.39, 0.29) is 11.4 Å². The van der Waals surface area contributed by atoms with Gasteiger partial charge in [0.2, 0.25) is 0 Å². The Bertz CT molecular complexity index is 1450. The molecule has 0 saturated carbocycles. The Kier molecular flexibility index (Phi) is 5.34. The van der Waals surface area contributed by atoms with Gasteiger partial charge in [0, 0.05) is 0 Å². The molecule has 1 aliphatic heterocycles. The second kappa shape index (κ2) is 7.90. The molecule has 3 aromatic carbocycles. The summed E-state index contributed by atoms with van der Waals surface area (Å²) in [5, 5.41) is 10.6. The molecule has 0 aliphatic carbocycles. The van der Waals surface area contributed by atoms with Crippen molar-refractivity contribution in [3.05, 3.63) is 60.2 Å². The summed E-state index contributed by atoms with van der Waals surface area (Å²) in [5.41, 5.74) is 1.43. The molecule has 0 spiro atoms. The minimum atomic E-state index is -4.12. The van der Waals surface area contributed by atoms with Gasteiger partial charge in [0.25, 0.3) is 5.91 Å². The molecule has 168 valence electrons. The number of hydrogen-bond acceptors (Lipinski definition) is 6. The van der Waals surface area contributed by atoms with Crippen molar-refractivity contribution >= 4 is 38.5 Å². The highest BCUT2D eigenvalue weighted by Crippen LogP contribution is 2.38. The average Bonchev–Trinajstić information content (AvgIpc) is 3.03. The van der Waals surface area contributed by atoms with Gasteiger partial charge in [-0.05, 0) is 73.0 Å². The highest BCUT2D eigenvalue weighted by atomic mass is 32.2. The van der Waals surface area contributed by atoms with E-state index < -0.39 is 34.0 Å². The van der Waals surface area contributed by atoms with Gasteiger partial charge in [-0.1, -0.05) is 24.3 Å². The molecule has 1 N–H and O–H groups in total. The maximum atomic E-state index is 12.6. The van der Waals surface area contributed by atoms with Crippen LogP contribution >= 0.6 is 0 Å². The third-order valence-corrected chi connectivity index (χ3v) is 6.54. The van der Waals surface area contributed by atoms with Gasteiger partial charge < -0.3 is 4.74 Å². The Morgan fingerprint density at radius 1 is 1.06 bits per heavy atom. The minimum Gasteiger partial charge on any atom is -0.424 e. The van der Waals surface area contributed by atoms with Crippen LogP contribution in [-0.2, 0) is 19.8 Å². The SMILES string of the molecule is CC(C)(C)C(=O)Oc1cc2ccc(-c3cccc(C#N)c3)cc2cc1N1CC(=O)NS1(=O)=O. The van der Waals surface area contributed by atoms with E-state index in [2.05, 4.69) is 6.07 Å². The van der Waals surface area contributed by atoms with Gasteiger partial charge in [0.05, 0.1) is 22.7 Å². The molecule has 9 heteroatoms. The van der Waals surface area contributed by atoms with Gasteiger partial charge in [-0.15, -0.1) is 0 Å². The number of benzene rings is 3. The van der Waals surface area contributed by atoms with Crippen molar-refractivity contribution in [2.75, 3.05) is 10.8 Å². The van der Waals surface area contributed by atoms with Crippen molar-refractivity contribution in [3.8, 4) is 22.9 Å². The number of amides is 1. The lowest BCUT2D eigenvalue weighted by atomic mass is 9.97. The molecule has 0 atom stereocenters. The maximum absolute atomic E-state index is 12.6. The van der Waals surface area contributed by atoms with Crippen LogP contribution in [0.2, 0.25) is 0 Å². The number of nitrogens with one attached hydrogen (secondary N) is 1. The zero-order valence-electron chi connectivity index (χ0n) is 18.2. The number of nitrogens with zero attached hydrogens (tertiary/aromatic N) is 2. The van der Waals surface area contributed by atoms with Crippen LogP contribution in [0, 0.1) is 16.7 Å². The number of fused-ring (bicyclic) bond motifs is 1. The summed E-state index contributed by atoms with van der Waals surface area (Å²) < 4.78 is 33.5. The molecule has 4 rings (SSSR count). The van der Waals surface area contributed by atoms with Gasteiger partial charge in [-0.25, -0.2) is 9.03 Å². The lowest BCUT2D eigenvalue weighted by molar-refractivity contribution is -0.142. The minimum absolute atomic E-state index is 0.0433. The highest BCUT2D eigenvalue weighted by Gasteiger charge is 2.37. The molecule has 8 nitrogen and oxygen atoms in total. The van der Waals surface area contributed by atoms with Crippen LogP contribution in [0.5, 0.6) is 5.75 Å². The normalized spacial score (nSPS) is 15.2. The summed E-state index contributed by atoms with van der Waals surface area (Å²) in [6.45, 7) is 4.65. The van der Waals surface area contributed by atoms with Crippen molar-refractivity contribution in [2.45, 2.75) is 20.8 Å². The van der Waals surface area contributed by atoms with Crippen molar-refractivity contribution in [3.63, 3.8) is 0 Å². The predicted molar refractivity (Wildman–Crippen MR) is 124 cm³/mol. The summed E-state index contributed by atoms with van der Waals surface area (Å²) in [6.07, 6.45) is 0. The van der Waals surface area contributed by atoms with Gasteiger partial charge in [-0.3, -0.25) is 9.59 Å². The average molecular weight is 464 g/mol. The lowest BCUT2D eigenvalue weighted by Crippen LogP contribution is -2.31. The summed E-state index contributed by atoms with van der Waals surface area (Å²) in [6, 6.07) is 17.9. The van der Waals surface area contributed by atoms with E-state index in [1.54, 1.807) is 51.1 Å². The number of carbonyl (C=O) groups excluding carboxylic acids is 2. The highest BCUT2D eigenvalue weighted by molar-refractivity contribution is 7.92. The van der Waals surface area contributed by atoms with E-state index in [4.69, 9.17) is 4.74 Å². The first-order valence-corrected chi connectivity index (χ1v) is 11.6. The fourth-order valence-corrected chi connectivity index (χ4v) is 4.55. The van der Waals surface area contributed by atoms with Crippen LogP contribution in [0.25, 0.3) is 21.9 Å². The van der Waals surface area contributed by atoms with Crippen molar-refractivity contribution in [1.82, 2.24) is 4.72 Å². The molecule has 1 heterocycles. The molecule has 1 saturated heterocycles. The van der Waals surface area contributed by atoms with E-state index in [0.717, 1.165) is 15.4 Å². The molecule has 0 unspecified atom stereocenters. The Morgan fingerprint density at radius 2 is 1.79 bits per heavy atom. The molecule has 1 aliphatic rings. The fraction of sp³-hybridized carbons (Fsp3) is 0.208. The first-order valence-electron chi connectivity index (χ1n) is 10.1. The van der Waals surface area contributed by atoms with Gasteiger partial charge >= 0.3 is 16.2 Å². The molecule has 0 radical (unpaired) electrons. The third-order valence-electron chi connectivity index (χ3n) is 5.15. The maximum Gasteiger partial charge on any atom is 0.326 e. The topological polar surface area (TPSA) is 117 Å². The fourth-order valence-electron chi connectivity index (χ4n) is 3.40. The van der Waals surface area contributed by atoms with Gasteiger partial charge in [0.15, 0.2) is 5.75 Å². The van der Waals surface area contributed by atoms with E-state index in [1.165, 1.54) is 0 Å². The monoisotopic (exact) mass is 463 g/mol. The van der Waals surface area contributed by atoms with E-state index >= 15 is 0 Å². The van der Waals surface area contributed by atoms with Crippen molar-refractivity contribution < 1.29 is 22.7 Å². The number of rotatable bonds is 3. The van der Waals surface area contributed by atoms with Crippen LogP contribution in [0.4, 0.5) is 5.69 Å². The molecule has 1 amide bonds. The molecule has 0 bridgehead atoms. The Morgan fingerprint density at radius 3 is 2.42 bits per heavy atom. The van der Waals surface area contributed by atoms with Crippen molar-refractivity contribution in [1.29, 1.82) is 5.26 Å². The largest absolute Gasteiger partial charge is 0.424 e. The third kappa shape index (κ3) is 4.38. The molecular formula is C24H21N3O5S. The molecule has 0 aromatic heterocycles. The number of hydrogen-bond donors (Lipinski definition) is 1. The zero-order chi connectivity index (χ0) is 24.0. The van der Waals surface area contributed by atoms with Crippen LogP contribution in [0.15, 0.2) is 54.6 Å². The van der Waals surface area contributed by atoms with Crippen LogP contribution in [-0.4, -0.2) is 26.8 Å². The molecule has 3 aromatic rings. The van der Waals surface area contributed by atoms with Crippen LogP contribution in [0.1, 0.15) is 26.3 Å².